The van der Waals surface area contributed by atoms with E-state index in [1.165, 1.54) is 26.8 Å². The molecule has 0 spiro atoms. The van der Waals surface area contributed by atoms with Gasteiger partial charge in [-0.05, 0) is 84.9 Å². The van der Waals surface area contributed by atoms with Gasteiger partial charge in [-0.2, -0.15) is 0 Å². The van der Waals surface area contributed by atoms with Gasteiger partial charge in [-0.25, -0.2) is 12.8 Å². The molecule has 6 nitrogen and oxygen atoms in total. The second-order valence-electron chi connectivity index (χ2n) is 7.22. The molecular formula is C27H25FO6S2. The SMILES string of the molecule is COc1ccc([S+](c2ccc(OC)cc2)c2ccc(OC)cc2)cc1.O=S(=O)([O-])c1ccccc1F. The highest BCUT2D eigenvalue weighted by atomic mass is 32.2. The van der Waals surface area contributed by atoms with Crippen LogP contribution in [0.4, 0.5) is 4.39 Å². The molecule has 0 unspecified atom stereocenters. The Hall–Kier alpha value is -3.53. The minimum absolute atomic E-state index is 0.212. The fourth-order valence-corrected chi connectivity index (χ4v) is 5.78. The summed E-state index contributed by atoms with van der Waals surface area (Å²) in [5, 5.41) is 0. The predicted molar refractivity (Wildman–Crippen MR) is 136 cm³/mol. The van der Waals surface area contributed by atoms with Crippen molar-refractivity contribution in [2.45, 2.75) is 19.6 Å². The van der Waals surface area contributed by atoms with Gasteiger partial charge in [0.25, 0.3) is 0 Å². The van der Waals surface area contributed by atoms with Gasteiger partial charge in [0, 0.05) is 0 Å². The van der Waals surface area contributed by atoms with Crippen molar-refractivity contribution in [1.29, 1.82) is 0 Å². The lowest BCUT2D eigenvalue weighted by atomic mass is 10.3. The fraction of sp³-hybridized carbons (Fsp3) is 0.111. The maximum atomic E-state index is 12.5. The fourth-order valence-electron chi connectivity index (χ4n) is 3.19. The average molecular weight is 529 g/mol. The topological polar surface area (TPSA) is 84.9 Å². The Balaban J connectivity index is 0.000000275. The van der Waals surface area contributed by atoms with Crippen LogP contribution in [0, 0.1) is 5.82 Å². The van der Waals surface area contributed by atoms with Gasteiger partial charge in [-0.15, -0.1) is 0 Å². The summed E-state index contributed by atoms with van der Waals surface area (Å²) in [5.41, 5.74) is 0. The van der Waals surface area contributed by atoms with E-state index in [0.29, 0.717) is 0 Å². The van der Waals surface area contributed by atoms with Crippen molar-refractivity contribution in [2.24, 2.45) is 0 Å². The van der Waals surface area contributed by atoms with Crippen molar-refractivity contribution >= 4 is 21.0 Å². The lowest BCUT2D eigenvalue weighted by Gasteiger charge is -2.10. The van der Waals surface area contributed by atoms with Crippen LogP contribution in [-0.2, 0) is 21.0 Å². The molecule has 0 aliphatic rings. The average Bonchev–Trinajstić information content (AvgIpc) is 2.90. The quantitative estimate of drug-likeness (QED) is 0.231. The van der Waals surface area contributed by atoms with E-state index in [9.17, 15) is 17.4 Å². The van der Waals surface area contributed by atoms with Crippen molar-refractivity contribution in [3.63, 3.8) is 0 Å². The van der Waals surface area contributed by atoms with Gasteiger partial charge in [0.15, 0.2) is 14.7 Å². The third-order valence-electron chi connectivity index (χ3n) is 4.99. The van der Waals surface area contributed by atoms with Crippen molar-refractivity contribution in [2.75, 3.05) is 21.3 Å². The molecule has 0 bridgehead atoms. The first kappa shape index (κ1) is 27.1. The predicted octanol–water partition coefficient (Wildman–Crippen LogP) is 5.54. The highest BCUT2D eigenvalue weighted by molar-refractivity contribution is 7.97. The summed E-state index contributed by atoms with van der Waals surface area (Å²) in [7, 11) is 0.176. The van der Waals surface area contributed by atoms with Gasteiger partial charge in [-0.1, -0.05) is 12.1 Å². The number of halogens is 1. The van der Waals surface area contributed by atoms with Crippen LogP contribution in [0.15, 0.2) is 117 Å². The Morgan fingerprint density at radius 1 is 0.611 bits per heavy atom. The number of methoxy groups -OCH3 is 3. The van der Waals surface area contributed by atoms with Crippen LogP contribution < -0.4 is 14.2 Å². The Labute approximate surface area is 213 Å². The second-order valence-corrected chi connectivity index (χ2v) is 10.6. The minimum Gasteiger partial charge on any atom is -0.744 e. The number of ether oxygens (including phenoxy) is 3. The minimum atomic E-state index is -4.66. The summed E-state index contributed by atoms with van der Waals surface area (Å²) < 4.78 is 59.2. The van der Waals surface area contributed by atoms with Crippen LogP contribution >= 0.6 is 0 Å². The summed E-state index contributed by atoms with van der Waals surface area (Å²) in [5.74, 6) is 1.56. The molecule has 9 heteroatoms. The van der Waals surface area contributed by atoms with Gasteiger partial charge < -0.3 is 18.8 Å². The zero-order chi connectivity index (χ0) is 26.1. The number of benzene rings is 4. The summed E-state index contributed by atoms with van der Waals surface area (Å²) in [6.45, 7) is 0. The molecule has 0 fully saturated rings. The van der Waals surface area contributed by atoms with Crippen LogP contribution in [0.25, 0.3) is 0 Å². The second kappa shape index (κ2) is 12.4. The molecule has 0 amide bonds. The molecule has 0 saturated carbocycles. The molecule has 4 rings (SSSR count). The molecule has 4 aromatic rings. The van der Waals surface area contributed by atoms with Crippen LogP contribution in [0.1, 0.15) is 0 Å². The number of hydrogen-bond acceptors (Lipinski definition) is 6. The van der Waals surface area contributed by atoms with Crippen LogP contribution in [-0.4, -0.2) is 34.3 Å². The Morgan fingerprint density at radius 2 is 0.944 bits per heavy atom. The van der Waals surface area contributed by atoms with Crippen LogP contribution in [0.5, 0.6) is 17.2 Å². The Bertz CT molecular complexity index is 1240. The number of rotatable bonds is 7. The van der Waals surface area contributed by atoms with Crippen molar-refractivity contribution in [3.05, 3.63) is 103 Å². The van der Waals surface area contributed by atoms with Crippen molar-refractivity contribution < 1.29 is 31.6 Å². The highest BCUT2D eigenvalue weighted by Gasteiger charge is 2.28. The van der Waals surface area contributed by atoms with Gasteiger partial charge >= 0.3 is 0 Å². The van der Waals surface area contributed by atoms with E-state index < -0.39 is 20.8 Å². The van der Waals surface area contributed by atoms with E-state index in [0.717, 1.165) is 29.4 Å². The molecule has 0 saturated heterocycles. The monoisotopic (exact) mass is 528 g/mol. The normalized spacial score (nSPS) is 10.8. The Kier molecular flexibility index (Phi) is 9.35. The first-order valence-corrected chi connectivity index (χ1v) is 13.3. The molecule has 0 aliphatic heterocycles. The summed E-state index contributed by atoms with van der Waals surface area (Å²) >= 11 is 0. The van der Waals surface area contributed by atoms with Gasteiger partial charge in [-0.3, -0.25) is 0 Å². The van der Waals surface area contributed by atoms with Gasteiger partial charge in [0.2, 0.25) is 0 Å². The van der Waals surface area contributed by atoms with Crippen LogP contribution in [0.3, 0.4) is 0 Å². The van der Waals surface area contributed by atoms with Gasteiger partial charge in [0.1, 0.15) is 33.2 Å². The first-order valence-electron chi connectivity index (χ1n) is 10.6. The zero-order valence-corrected chi connectivity index (χ0v) is 21.5. The lowest BCUT2D eigenvalue weighted by molar-refractivity contribution is 0.414. The van der Waals surface area contributed by atoms with E-state index in [1.54, 1.807) is 21.3 Å². The summed E-state index contributed by atoms with van der Waals surface area (Å²) in [6, 6.07) is 29.2. The zero-order valence-electron chi connectivity index (χ0n) is 19.9. The summed E-state index contributed by atoms with van der Waals surface area (Å²) in [4.78, 5) is 2.89. The smallest absolute Gasteiger partial charge is 0.166 e. The molecule has 0 N–H and O–H groups in total. The maximum Gasteiger partial charge on any atom is 0.166 e. The molecular weight excluding hydrogens is 503 g/mol. The van der Waals surface area contributed by atoms with Crippen molar-refractivity contribution in [3.8, 4) is 17.2 Å². The molecule has 0 radical (unpaired) electrons. The van der Waals surface area contributed by atoms with Crippen LogP contribution in [0.2, 0.25) is 0 Å². The Morgan fingerprint density at radius 3 is 1.19 bits per heavy atom. The first-order chi connectivity index (χ1) is 17.3. The lowest BCUT2D eigenvalue weighted by Crippen LogP contribution is -2.05. The maximum absolute atomic E-state index is 12.5. The molecule has 36 heavy (non-hydrogen) atoms. The third-order valence-corrected chi connectivity index (χ3v) is 8.09. The summed E-state index contributed by atoms with van der Waals surface area (Å²) in [6.07, 6.45) is 0. The van der Waals surface area contributed by atoms with Crippen molar-refractivity contribution in [1.82, 2.24) is 0 Å². The van der Waals surface area contributed by atoms with E-state index in [4.69, 9.17) is 14.2 Å². The largest absolute Gasteiger partial charge is 0.744 e. The molecule has 0 atom stereocenters. The van der Waals surface area contributed by atoms with E-state index in [1.807, 2.05) is 36.4 Å². The van der Waals surface area contributed by atoms with E-state index >= 15 is 0 Å². The number of hydrogen-bond donors (Lipinski definition) is 0. The molecule has 0 aromatic heterocycles. The van der Waals surface area contributed by atoms with Gasteiger partial charge in [0.05, 0.1) is 37.1 Å². The van der Waals surface area contributed by atoms with E-state index in [-0.39, 0.29) is 10.9 Å². The third kappa shape index (κ3) is 7.00. The highest BCUT2D eigenvalue weighted by Crippen LogP contribution is 2.33. The molecule has 0 aliphatic carbocycles. The molecule has 4 aromatic carbocycles. The molecule has 0 heterocycles. The van der Waals surface area contributed by atoms with E-state index in [2.05, 4.69) is 36.4 Å². The molecule has 188 valence electrons. The standard InChI is InChI=1S/C21H21O3S.C6H5FO3S/c1-22-16-4-10-19(11-5-16)25(20-12-6-17(23-2)7-13-20)21-14-8-18(24-3)9-15-21;7-5-3-1-2-4-6(5)11(8,9)10/h4-15H,1-3H3;1-4H,(H,8,9,10)/q+1;/p-1.